The Labute approximate surface area is 106 Å². The van der Waals surface area contributed by atoms with E-state index in [0.717, 1.165) is 0 Å². The van der Waals surface area contributed by atoms with Crippen molar-refractivity contribution in [2.45, 2.75) is 13.5 Å². The topological polar surface area (TPSA) is 50.9 Å². The quantitative estimate of drug-likeness (QED) is 0.819. The molecule has 4 heteroatoms. The number of rotatable bonds is 3. The fraction of sp³-hybridized carbons (Fsp3) is 0.154. The lowest BCUT2D eigenvalue weighted by Gasteiger charge is -2.08. The highest BCUT2D eigenvalue weighted by Gasteiger charge is 2.01. The summed E-state index contributed by atoms with van der Waals surface area (Å²) >= 11 is 5.81. The molecule has 0 atom stereocenters. The highest BCUT2D eigenvalue weighted by molar-refractivity contribution is 6.29. The predicted octanol–water partition coefficient (Wildman–Crippen LogP) is 3.24. The maximum absolute atomic E-state index is 5.81. The number of nitrogens with zero attached hydrogens (tertiary/aromatic N) is 1. The second-order valence-electron chi connectivity index (χ2n) is 3.91. The summed E-state index contributed by atoms with van der Waals surface area (Å²) in [4.78, 5) is 4.13. The number of aromatic nitrogens is 1. The number of hydrogen-bond donors (Lipinski definition) is 2. The Morgan fingerprint density at radius 1 is 1.18 bits per heavy atom. The monoisotopic (exact) mass is 247 g/mol. The zero-order chi connectivity index (χ0) is 12.3. The van der Waals surface area contributed by atoms with Gasteiger partial charge in [-0.05, 0) is 24.6 Å². The number of anilines is 2. The third-order valence-electron chi connectivity index (χ3n) is 2.47. The molecular weight excluding hydrogens is 234 g/mol. The molecule has 3 N–H and O–H groups in total. The van der Waals surface area contributed by atoms with Crippen molar-refractivity contribution in [3.63, 3.8) is 0 Å². The van der Waals surface area contributed by atoms with E-state index in [4.69, 9.17) is 17.3 Å². The summed E-state index contributed by atoms with van der Waals surface area (Å²) in [5.41, 5.74) is 8.81. The molecule has 0 aliphatic heterocycles. The van der Waals surface area contributed by atoms with Crippen molar-refractivity contribution in [2.75, 3.05) is 11.1 Å². The van der Waals surface area contributed by atoms with Gasteiger partial charge in [-0.15, -0.1) is 0 Å². The number of aryl methyl sites for hydroxylation is 1. The van der Waals surface area contributed by atoms with Gasteiger partial charge in [0, 0.05) is 6.54 Å². The molecule has 3 nitrogen and oxygen atoms in total. The van der Waals surface area contributed by atoms with Gasteiger partial charge in [0.25, 0.3) is 0 Å². The maximum Gasteiger partial charge on any atom is 0.151 e. The minimum atomic E-state index is 0.436. The van der Waals surface area contributed by atoms with E-state index in [1.54, 1.807) is 12.1 Å². The molecule has 0 saturated carbocycles. The normalized spacial score (nSPS) is 10.2. The fourth-order valence-corrected chi connectivity index (χ4v) is 1.63. The van der Waals surface area contributed by atoms with E-state index < -0.39 is 0 Å². The average molecular weight is 248 g/mol. The van der Waals surface area contributed by atoms with Crippen LogP contribution in [0.3, 0.4) is 0 Å². The Morgan fingerprint density at radius 2 is 1.88 bits per heavy atom. The number of hydrogen-bond acceptors (Lipinski definition) is 3. The summed E-state index contributed by atoms with van der Waals surface area (Å²) in [6, 6.07) is 11.7. The van der Waals surface area contributed by atoms with Crippen LogP contribution in [-0.2, 0) is 6.54 Å². The lowest BCUT2D eigenvalue weighted by molar-refractivity contribution is 1.11. The van der Waals surface area contributed by atoms with Crippen LogP contribution in [0.25, 0.3) is 0 Å². The smallest absolute Gasteiger partial charge is 0.151 e. The molecule has 0 aliphatic rings. The SMILES string of the molecule is Cc1ccc(CNc2nc(Cl)ccc2N)cc1. The molecule has 1 heterocycles. The van der Waals surface area contributed by atoms with E-state index in [1.807, 2.05) is 0 Å². The molecule has 88 valence electrons. The first-order chi connectivity index (χ1) is 8.15. The number of nitrogen functional groups attached to an aromatic ring is 1. The van der Waals surface area contributed by atoms with Crippen molar-refractivity contribution >= 4 is 23.1 Å². The van der Waals surface area contributed by atoms with E-state index >= 15 is 0 Å². The first kappa shape index (κ1) is 11.7. The second kappa shape index (κ2) is 5.06. The molecule has 2 rings (SSSR count). The molecule has 0 bridgehead atoms. The van der Waals surface area contributed by atoms with E-state index in [2.05, 4.69) is 41.5 Å². The zero-order valence-corrected chi connectivity index (χ0v) is 10.3. The van der Waals surface area contributed by atoms with Gasteiger partial charge in [0.15, 0.2) is 5.82 Å². The van der Waals surface area contributed by atoms with Gasteiger partial charge in [0.1, 0.15) is 5.15 Å². The molecule has 0 unspecified atom stereocenters. The fourth-order valence-electron chi connectivity index (χ4n) is 1.48. The van der Waals surface area contributed by atoms with Crippen molar-refractivity contribution in [3.8, 4) is 0 Å². The number of nitrogens with one attached hydrogen (secondary N) is 1. The molecule has 0 aliphatic carbocycles. The van der Waals surface area contributed by atoms with Crippen molar-refractivity contribution in [3.05, 3.63) is 52.7 Å². The first-order valence-corrected chi connectivity index (χ1v) is 5.74. The van der Waals surface area contributed by atoms with Gasteiger partial charge in [-0.3, -0.25) is 0 Å². The highest BCUT2D eigenvalue weighted by atomic mass is 35.5. The van der Waals surface area contributed by atoms with Crippen LogP contribution in [0.15, 0.2) is 36.4 Å². The van der Waals surface area contributed by atoms with E-state index in [9.17, 15) is 0 Å². The van der Waals surface area contributed by atoms with Gasteiger partial charge >= 0.3 is 0 Å². The molecule has 1 aromatic carbocycles. The average Bonchev–Trinajstić information content (AvgIpc) is 2.32. The third-order valence-corrected chi connectivity index (χ3v) is 2.68. The molecule has 2 aromatic rings. The molecule has 0 saturated heterocycles. The Balaban J connectivity index is 2.07. The summed E-state index contributed by atoms with van der Waals surface area (Å²) in [5.74, 6) is 0.623. The summed E-state index contributed by atoms with van der Waals surface area (Å²) in [6.07, 6.45) is 0. The lowest BCUT2D eigenvalue weighted by Crippen LogP contribution is -2.04. The van der Waals surface area contributed by atoms with Gasteiger partial charge in [-0.1, -0.05) is 41.4 Å². The van der Waals surface area contributed by atoms with Crippen molar-refractivity contribution in [1.29, 1.82) is 0 Å². The molecule has 1 aromatic heterocycles. The molecule has 0 fully saturated rings. The van der Waals surface area contributed by atoms with Gasteiger partial charge in [0.05, 0.1) is 5.69 Å². The Hall–Kier alpha value is -1.74. The van der Waals surface area contributed by atoms with Crippen LogP contribution in [0, 0.1) is 6.92 Å². The van der Waals surface area contributed by atoms with Crippen molar-refractivity contribution < 1.29 is 0 Å². The Bertz CT molecular complexity index is 509. The maximum atomic E-state index is 5.81. The van der Waals surface area contributed by atoms with E-state index in [-0.39, 0.29) is 0 Å². The predicted molar refractivity (Wildman–Crippen MR) is 72.2 cm³/mol. The Kier molecular flexibility index (Phi) is 3.49. The van der Waals surface area contributed by atoms with Crippen LogP contribution in [-0.4, -0.2) is 4.98 Å². The second-order valence-corrected chi connectivity index (χ2v) is 4.30. The molecule has 0 amide bonds. The zero-order valence-electron chi connectivity index (χ0n) is 9.57. The standard InChI is InChI=1S/C13H14ClN3/c1-9-2-4-10(5-3-9)8-16-13-11(15)6-7-12(14)17-13/h2-7H,8,15H2,1H3,(H,16,17). The molecular formula is C13H14ClN3. The van der Waals surface area contributed by atoms with Gasteiger partial charge < -0.3 is 11.1 Å². The summed E-state index contributed by atoms with van der Waals surface area (Å²) in [7, 11) is 0. The number of nitrogens with two attached hydrogens (primary N) is 1. The third kappa shape index (κ3) is 3.11. The molecule has 0 spiro atoms. The van der Waals surface area contributed by atoms with E-state index in [1.165, 1.54) is 11.1 Å². The van der Waals surface area contributed by atoms with Crippen LogP contribution in [0.2, 0.25) is 5.15 Å². The minimum Gasteiger partial charge on any atom is -0.396 e. The van der Waals surface area contributed by atoms with Gasteiger partial charge in [-0.25, -0.2) is 4.98 Å². The van der Waals surface area contributed by atoms with Crippen molar-refractivity contribution in [2.24, 2.45) is 0 Å². The van der Waals surface area contributed by atoms with Gasteiger partial charge in [-0.2, -0.15) is 0 Å². The first-order valence-electron chi connectivity index (χ1n) is 5.36. The molecule has 0 radical (unpaired) electrons. The Morgan fingerprint density at radius 3 is 2.59 bits per heavy atom. The highest BCUT2D eigenvalue weighted by Crippen LogP contribution is 2.19. The summed E-state index contributed by atoms with van der Waals surface area (Å²) < 4.78 is 0. The lowest BCUT2D eigenvalue weighted by atomic mass is 10.1. The largest absolute Gasteiger partial charge is 0.396 e. The van der Waals surface area contributed by atoms with E-state index in [0.29, 0.717) is 23.2 Å². The summed E-state index contributed by atoms with van der Waals surface area (Å²) in [6.45, 7) is 2.74. The van der Waals surface area contributed by atoms with Gasteiger partial charge in [0.2, 0.25) is 0 Å². The van der Waals surface area contributed by atoms with Crippen LogP contribution in [0.1, 0.15) is 11.1 Å². The molecule has 17 heavy (non-hydrogen) atoms. The van der Waals surface area contributed by atoms with Crippen LogP contribution in [0.5, 0.6) is 0 Å². The van der Waals surface area contributed by atoms with Crippen molar-refractivity contribution in [1.82, 2.24) is 4.98 Å². The van der Waals surface area contributed by atoms with Crippen LogP contribution < -0.4 is 11.1 Å². The number of pyridine rings is 1. The number of benzene rings is 1. The van der Waals surface area contributed by atoms with Crippen LogP contribution >= 0.6 is 11.6 Å². The summed E-state index contributed by atoms with van der Waals surface area (Å²) in [5, 5.41) is 3.60. The van der Waals surface area contributed by atoms with Crippen LogP contribution in [0.4, 0.5) is 11.5 Å². The number of halogens is 1. The minimum absolute atomic E-state index is 0.436.